The molecule has 0 bridgehead atoms. The van der Waals surface area contributed by atoms with E-state index in [4.69, 9.17) is 9.52 Å². The summed E-state index contributed by atoms with van der Waals surface area (Å²) in [5.74, 6) is 1.11. The van der Waals surface area contributed by atoms with Crippen LogP contribution in [0.5, 0.6) is 0 Å². The molecule has 5 nitrogen and oxygen atoms in total. The van der Waals surface area contributed by atoms with Crippen LogP contribution in [0.25, 0.3) is 10.8 Å². The minimum absolute atomic E-state index is 0.111. The summed E-state index contributed by atoms with van der Waals surface area (Å²) in [6.07, 6.45) is 0.333. The molecule has 0 aromatic carbocycles. The molecule has 0 saturated heterocycles. The van der Waals surface area contributed by atoms with Crippen molar-refractivity contribution >= 4 is 17.2 Å². The van der Waals surface area contributed by atoms with Crippen molar-refractivity contribution in [2.45, 2.75) is 32.8 Å². The first-order valence-corrected chi connectivity index (χ1v) is 7.39. The highest BCUT2D eigenvalue weighted by molar-refractivity contribution is 7.13. The third-order valence-electron chi connectivity index (χ3n) is 2.84. The second-order valence-corrected chi connectivity index (χ2v) is 5.61. The topological polar surface area (TPSA) is 75.4 Å². The minimum atomic E-state index is -0.408. The van der Waals surface area contributed by atoms with E-state index in [9.17, 15) is 4.79 Å². The van der Waals surface area contributed by atoms with Crippen LogP contribution >= 0.6 is 11.3 Å². The van der Waals surface area contributed by atoms with Crippen molar-refractivity contribution in [1.82, 2.24) is 10.3 Å². The molecule has 2 aromatic heterocycles. The van der Waals surface area contributed by atoms with Crippen LogP contribution in [-0.4, -0.2) is 28.6 Å². The summed E-state index contributed by atoms with van der Waals surface area (Å²) in [7, 11) is 0. The third-order valence-corrected chi connectivity index (χ3v) is 3.69. The summed E-state index contributed by atoms with van der Waals surface area (Å²) in [4.78, 5) is 17.1. The van der Waals surface area contributed by atoms with Crippen LogP contribution in [0.4, 0.5) is 0 Å². The van der Waals surface area contributed by atoms with Gasteiger partial charge in [0.1, 0.15) is 5.76 Å². The van der Waals surface area contributed by atoms with Crippen LogP contribution < -0.4 is 5.32 Å². The average molecular weight is 294 g/mol. The molecule has 0 aliphatic heterocycles. The quantitative estimate of drug-likeness (QED) is 0.856. The zero-order valence-electron chi connectivity index (χ0n) is 11.5. The molecule has 0 aliphatic rings. The number of amides is 1. The van der Waals surface area contributed by atoms with Crippen molar-refractivity contribution in [3.63, 3.8) is 0 Å². The number of nitrogens with one attached hydrogen (secondary N) is 1. The van der Waals surface area contributed by atoms with E-state index in [1.54, 1.807) is 18.3 Å². The smallest absolute Gasteiger partial charge is 0.236 e. The lowest BCUT2D eigenvalue weighted by atomic mass is 10.2. The van der Waals surface area contributed by atoms with Gasteiger partial charge in [0, 0.05) is 6.54 Å². The van der Waals surface area contributed by atoms with Gasteiger partial charge in [0.2, 0.25) is 11.8 Å². The maximum Gasteiger partial charge on any atom is 0.236 e. The number of rotatable bonds is 6. The van der Waals surface area contributed by atoms with Crippen molar-refractivity contribution in [3.05, 3.63) is 29.0 Å². The molecule has 0 radical (unpaired) electrons. The van der Waals surface area contributed by atoms with Gasteiger partial charge < -0.3 is 14.8 Å². The van der Waals surface area contributed by atoms with Gasteiger partial charge in [-0.05, 0) is 31.7 Å². The fraction of sp³-hybridized carbons (Fsp3) is 0.429. The molecule has 2 N–H and O–H groups in total. The SMILES string of the molecule is Cc1oc(-c2cccs2)nc1CC(=O)NCCC(C)O. The molecule has 1 unspecified atom stereocenters. The number of aryl methyl sites for hydroxylation is 1. The van der Waals surface area contributed by atoms with E-state index in [-0.39, 0.29) is 12.3 Å². The summed E-state index contributed by atoms with van der Waals surface area (Å²) in [5.41, 5.74) is 0.656. The molecule has 1 amide bonds. The first-order chi connectivity index (χ1) is 9.56. The number of aliphatic hydroxyl groups excluding tert-OH is 1. The molecule has 2 aromatic rings. The van der Waals surface area contributed by atoms with Crippen molar-refractivity contribution < 1.29 is 14.3 Å². The summed E-state index contributed by atoms with van der Waals surface area (Å²) >= 11 is 1.55. The number of hydrogen-bond donors (Lipinski definition) is 2. The Balaban J connectivity index is 1.94. The Bertz CT molecular complexity index is 561. The predicted octanol–water partition coefficient (Wildman–Crippen LogP) is 2.14. The lowest BCUT2D eigenvalue weighted by Crippen LogP contribution is -2.28. The monoisotopic (exact) mass is 294 g/mol. The molecule has 6 heteroatoms. The molecule has 0 aliphatic carbocycles. The summed E-state index contributed by atoms with van der Waals surface area (Å²) in [6, 6.07) is 3.87. The highest BCUT2D eigenvalue weighted by atomic mass is 32.1. The number of aromatic nitrogens is 1. The lowest BCUT2D eigenvalue weighted by Gasteiger charge is -2.05. The largest absolute Gasteiger partial charge is 0.440 e. The van der Waals surface area contributed by atoms with Crippen LogP contribution in [0, 0.1) is 6.92 Å². The number of hydrogen-bond acceptors (Lipinski definition) is 5. The minimum Gasteiger partial charge on any atom is -0.440 e. The van der Waals surface area contributed by atoms with Crippen molar-refractivity contribution in [2.24, 2.45) is 0 Å². The number of thiophene rings is 1. The van der Waals surface area contributed by atoms with E-state index in [2.05, 4.69) is 10.3 Å². The lowest BCUT2D eigenvalue weighted by molar-refractivity contribution is -0.120. The molecule has 2 heterocycles. The molecule has 108 valence electrons. The molecule has 0 fully saturated rings. The standard InChI is InChI=1S/C14H18N2O3S/c1-9(17)5-6-15-13(18)8-11-10(2)19-14(16-11)12-4-3-7-20-12/h3-4,7,9,17H,5-6,8H2,1-2H3,(H,15,18). The van der Waals surface area contributed by atoms with E-state index in [1.165, 1.54) is 0 Å². The number of carbonyl (C=O) groups excluding carboxylic acids is 1. The van der Waals surface area contributed by atoms with Gasteiger partial charge in [0.15, 0.2) is 0 Å². The highest BCUT2D eigenvalue weighted by Gasteiger charge is 2.15. The van der Waals surface area contributed by atoms with Gasteiger partial charge in [0.05, 0.1) is 23.1 Å². The Morgan fingerprint density at radius 3 is 3.05 bits per heavy atom. The first kappa shape index (κ1) is 14.7. The van der Waals surface area contributed by atoms with Crippen molar-refractivity contribution in [3.8, 4) is 10.8 Å². The summed E-state index contributed by atoms with van der Waals surface area (Å²) < 4.78 is 5.58. The molecular weight excluding hydrogens is 276 g/mol. The summed E-state index contributed by atoms with van der Waals surface area (Å²) in [5, 5.41) is 13.8. The van der Waals surface area contributed by atoms with Gasteiger partial charge in [-0.2, -0.15) is 0 Å². The van der Waals surface area contributed by atoms with Crippen LogP contribution in [0.2, 0.25) is 0 Å². The van der Waals surface area contributed by atoms with Crippen LogP contribution in [0.3, 0.4) is 0 Å². The maximum absolute atomic E-state index is 11.8. The Morgan fingerprint density at radius 2 is 2.40 bits per heavy atom. The summed E-state index contributed by atoms with van der Waals surface area (Å²) in [6.45, 7) is 3.97. The van der Waals surface area contributed by atoms with Crippen molar-refractivity contribution in [1.29, 1.82) is 0 Å². The van der Waals surface area contributed by atoms with Crippen LogP contribution in [0.1, 0.15) is 24.8 Å². The average Bonchev–Trinajstić information content (AvgIpc) is 2.99. The van der Waals surface area contributed by atoms with Gasteiger partial charge in [-0.1, -0.05) is 6.07 Å². The van der Waals surface area contributed by atoms with Gasteiger partial charge in [-0.3, -0.25) is 4.79 Å². The molecule has 2 rings (SSSR count). The van der Waals surface area contributed by atoms with E-state index >= 15 is 0 Å². The predicted molar refractivity (Wildman–Crippen MR) is 77.6 cm³/mol. The second-order valence-electron chi connectivity index (χ2n) is 4.66. The number of nitrogens with zero attached hydrogens (tertiary/aromatic N) is 1. The Hall–Kier alpha value is -1.66. The zero-order chi connectivity index (χ0) is 14.5. The number of carbonyl (C=O) groups is 1. The van der Waals surface area contributed by atoms with Gasteiger partial charge in [-0.25, -0.2) is 4.98 Å². The first-order valence-electron chi connectivity index (χ1n) is 6.51. The van der Waals surface area contributed by atoms with Crippen LogP contribution in [-0.2, 0) is 11.2 Å². The highest BCUT2D eigenvalue weighted by Crippen LogP contribution is 2.25. The second kappa shape index (κ2) is 6.67. The van der Waals surface area contributed by atoms with Gasteiger partial charge in [0.25, 0.3) is 0 Å². The van der Waals surface area contributed by atoms with E-state index in [1.807, 2.05) is 24.4 Å². The van der Waals surface area contributed by atoms with Crippen LogP contribution in [0.15, 0.2) is 21.9 Å². The molecule has 0 spiro atoms. The Kier molecular flexibility index (Phi) is 4.92. The number of oxazole rings is 1. The van der Waals surface area contributed by atoms with Gasteiger partial charge >= 0.3 is 0 Å². The van der Waals surface area contributed by atoms with E-state index in [0.717, 1.165) is 4.88 Å². The van der Waals surface area contributed by atoms with Crippen molar-refractivity contribution in [2.75, 3.05) is 6.54 Å². The Morgan fingerprint density at radius 1 is 1.60 bits per heavy atom. The fourth-order valence-corrected chi connectivity index (χ4v) is 2.38. The van der Waals surface area contributed by atoms with E-state index < -0.39 is 6.10 Å². The van der Waals surface area contributed by atoms with E-state index in [0.29, 0.717) is 30.3 Å². The molecule has 1 atom stereocenters. The molecular formula is C14H18N2O3S. The Labute approximate surface area is 121 Å². The fourth-order valence-electron chi connectivity index (χ4n) is 1.73. The molecule has 0 saturated carbocycles. The maximum atomic E-state index is 11.8. The normalized spacial score (nSPS) is 12.3. The molecule has 20 heavy (non-hydrogen) atoms. The number of aliphatic hydroxyl groups is 1. The van der Waals surface area contributed by atoms with Gasteiger partial charge in [-0.15, -0.1) is 11.3 Å². The third kappa shape index (κ3) is 3.91. The zero-order valence-corrected chi connectivity index (χ0v) is 12.4.